The maximum absolute atomic E-state index is 13.7. The summed E-state index contributed by atoms with van der Waals surface area (Å²) in [5.41, 5.74) is 0.723. The molecule has 0 aliphatic carbocycles. The molecular formula is C14H19FN2O. The van der Waals surface area contributed by atoms with Gasteiger partial charge in [-0.3, -0.25) is 4.79 Å². The van der Waals surface area contributed by atoms with Gasteiger partial charge in [0.05, 0.1) is 11.1 Å². The number of hydrogen-bond acceptors (Lipinski definition) is 2. The summed E-state index contributed by atoms with van der Waals surface area (Å²) in [6.45, 7) is 5.33. The van der Waals surface area contributed by atoms with E-state index in [1.807, 2.05) is 13.8 Å². The molecular weight excluding hydrogens is 231 g/mol. The molecule has 18 heavy (non-hydrogen) atoms. The Balaban J connectivity index is 2.15. The number of benzene rings is 1. The van der Waals surface area contributed by atoms with Crippen molar-refractivity contribution in [2.75, 3.05) is 18.4 Å². The molecule has 1 aliphatic rings. The van der Waals surface area contributed by atoms with Gasteiger partial charge in [-0.15, -0.1) is 0 Å². The maximum Gasteiger partial charge on any atom is 0.231 e. The van der Waals surface area contributed by atoms with Crippen LogP contribution in [0, 0.1) is 18.2 Å². The Morgan fingerprint density at radius 1 is 1.56 bits per heavy atom. The fourth-order valence-corrected chi connectivity index (χ4v) is 2.38. The van der Waals surface area contributed by atoms with Crippen LogP contribution in [0.3, 0.4) is 0 Å². The van der Waals surface area contributed by atoms with Crippen LogP contribution in [0.2, 0.25) is 0 Å². The minimum atomic E-state index is -0.392. The molecule has 1 aromatic carbocycles. The van der Waals surface area contributed by atoms with E-state index < -0.39 is 5.41 Å². The topological polar surface area (TPSA) is 41.1 Å². The van der Waals surface area contributed by atoms with Crippen LogP contribution in [-0.2, 0) is 4.79 Å². The lowest BCUT2D eigenvalue weighted by Crippen LogP contribution is -2.37. The van der Waals surface area contributed by atoms with E-state index in [-0.39, 0.29) is 17.4 Å². The van der Waals surface area contributed by atoms with Crippen LogP contribution >= 0.6 is 0 Å². The van der Waals surface area contributed by atoms with Crippen molar-refractivity contribution in [3.05, 3.63) is 29.6 Å². The van der Waals surface area contributed by atoms with Crippen molar-refractivity contribution in [1.82, 2.24) is 5.32 Å². The zero-order valence-electron chi connectivity index (χ0n) is 10.8. The summed E-state index contributed by atoms with van der Waals surface area (Å²) in [4.78, 5) is 12.3. The van der Waals surface area contributed by atoms with E-state index in [1.54, 1.807) is 12.1 Å². The molecule has 0 radical (unpaired) electrons. The van der Waals surface area contributed by atoms with Gasteiger partial charge in [-0.1, -0.05) is 13.0 Å². The maximum atomic E-state index is 13.7. The first kappa shape index (κ1) is 13.0. The summed E-state index contributed by atoms with van der Waals surface area (Å²) in [5.74, 6) is -0.460. The van der Waals surface area contributed by atoms with Crippen molar-refractivity contribution in [3.8, 4) is 0 Å². The van der Waals surface area contributed by atoms with Gasteiger partial charge in [0.1, 0.15) is 5.82 Å². The van der Waals surface area contributed by atoms with E-state index in [1.165, 1.54) is 6.07 Å². The number of hydrogen-bond donors (Lipinski definition) is 2. The van der Waals surface area contributed by atoms with Crippen molar-refractivity contribution in [2.24, 2.45) is 5.41 Å². The molecule has 98 valence electrons. The molecule has 1 saturated heterocycles. The fraction of sp³-hybridized carbons (Fsp3) is 0.500. The third-order valence-corrected chi connectivity index (χ3v) is 3.77. The van der Waals surface area contributed by atoms with Crippen LogP contribution in [0.15, 0.2) is 18.2 Å². The van der Waals surface area contributed by atoms with E-state index in [9.17, 15) is 9.18 Å². The summed E-state index contributed by atoms with van der Waals surface area (Å²) in [5, 5.41) is 5.92. The van der Waals surface area contributed by atoms with Gasteiger partial charge in [-0.25, -0.2) is 4.39 Å². The fourth-order valence-electron chi connectivity index (χ4n) is 2.38. The minimum absolute atomic E-state index is 0.0854. The lowest BCUT2D eigenvalue weighted by molar-refractivity contribution is -0.124. The van der Waals surface area contributed by atoms with Crippen LogP contribution in [0.5, 0.6) is 0 Å². The molecule has 0 spiro atoms. The van der Waals surface area contributed by atoms with Crippen LogP contribution in [0.4, 0.5) is 10.1 Å². The van der Waals surface area contributed by atoms with Crippen molar-refractivity contribution in [1.29, 1.82) is 0 Å². The second kappa shape index (κ2) is 5.06. The molecule has 0 bridgehead atoms. The lowest BCUT2D eigenvalue weighted by Gasteiger charge is -2.25. The summed E-state index contributed by atoms with van der Waals surface area (Å²) < 4.78 is 13.7. The van der Waals surface area contributed by atoms with Crippen LogP contribution in [0.25, 0.3) is 0 Å². The van der Waals surface area contributed by atoms with Gasteiger partial charge in [0, 0.05) is 6.54 Å². The highest BCUT2D eigenvalue weighted by molar-refractivity contribution is 5.95. The van der Waals surface area contributed by atoms with E-state index in [0.717, 1.165) is 24.9 Å². The quantitative estimate of drug-likeness (QED) is 0.865. The Hall–Kier alpha value is -1.42. The zero-order chi connectivity index (χ0) is 13.2. The highest BCUT2D eigenvalue weighted by atomic mass is 19.1. The molecule has 0 aromatic heterocycles. The monoisotopic (exact) mass is 250 g/mol. The Labute approximate surface area is 107 Å². The van der Waals surface area contributed by atoms with E-state index in [4.69, 9.17) is 0 Å². The number of aryl methyl sites for hydroxylation is 1. The largest absolute Gasteiger partial charge is 0.323 e. The summed E-state index contributed by atoms with van der Waals surface area (Å²) >= 11 is 0. The predicted octanol–water partition coefficient (Wildman–Crippen LogP) is 2.46. The van der Waals surface area contributed by atoms with Crippen molar-refractivity contribution in [2.45, 2.75) is 26.7 Å². The normalized spacial score (nSPS) is 23.1. The van der Waals surface area contributed by atoms with Crippen molar-refractivity contribution >= 4 is 11.6 Å². The standard InChI is InChI=1S/C14H19FN2O/c1-3-14(6-7-16-9-14)13(18)17-12-5-4-10(2)8-11(12)15/h4-5,8,16H,3,6-7,9H2,1-2H3,(H,17,18). The van der Waals surface area contributed by atoms with E-state index >= 15 is 0 Å². The number of halogens is 1. The summed E-state index contributed by atoms with van der Waals surface area (Å²) in [6, 6.07) is 4.85. The second-order valence-corrected chi connectivity index (χ2v) is 5.00. The van der Waals surface area contributed by atoms with Crippen LogP contribution < -0.4 is 10.6 Å². The number of nitrogens with one attached hydrogen (secondary N) is 2. The summed E-state index contributed by atoms with van der Waals surface area (Å²) in [7, 11) is 0. The van der Waals surface area contributed by atoms with E-state index in [0.29, 0.717) is 6.54 Å². The molecule has 1 heterocycles. The van der Waals surface area contributed by atoms with Gasteiger partial charge >= 0.3 is 0 Å². The van der Waals surface area contributed by atoms with Crippen molar-refractivity contribution < 1.29 is 9.18 Å². The smallest absolute Gasteiger partial charge is 0.231 e. The highest BCUT2D eigenvalue weighted by Gasteiger charge is 2.39. The molecule has 1 aliphatic heterocycles. The molecule has 2 N–H and O–H groups in total. The zero-order valence-corrected chi connectivity index (χ0v) is 10.8. The minimum Gasteiger partial charge on any atom is -0.323 e. The molecule has 4 heteroatoms. The molecule has 0 saturated carbocycles. The number of anilines is 1. The molecule has 1 atom stereocenters. The molecule has 1 amide bonds. The third kappa shape index (κ3) is 2.38. The molecule has 1 unspecified atom stereocenters. The number of carbonyl (C=O) groups is 1. The van der Waals surface area contributed by atoms with Crippen molar-refractivity contribution in [3.63, 3.8) is 0 Å². The average Bonchev–Trinajstić information content (AvgIpc) is 2.82. The Morgan fingerprint density at radius 2 is 2.33 bits per heavy atom. The van der Waals surface area contributed by atoms with Gasteiger partial charge in [-0.2, -0.15) is 0 Å². The summed E-state index contributed by atoms with van der Waals surface area (Å²) in [6.07, 6.45) is 1.57. The Kier molecular flexibility index (Phi) is 3.66. The molecule has 1 aromatic rings. The SMILES string of the molecule is CCC1(C(=O)Nc2ccc(C)cc2F)CCNC1. The molecule has 3 nitrogen and oxygen atoms in total. The van der Waals surface area contributed by atoms with Gasteiger partial charge in [0.2, 0.25) is 5.91 Å². The Bertz CT molecular complexity index is 453. The van der Waals surface area contributed by atoms with Gasteiger partial charge in [-0.05, 0) is 44.0 Å². The lowest BCUT2D eigenvalue weighted by atomic mass is 9.83. The molecule has 2 rings (SSSR count). The van der Waals surface area contributed by atoms with Crippen LogP contribution in [-0.4, -0.2) is 19.0 Å². The van der Waals surface area contributed by atoms with Gasteiger partial charge in [0.25, 0.3) is 0 Å². The first-order valence-electron chi connectivity index (χ1n) is 6.36. The Morgan fingerprint density at radius 3 is 2.89 bits per heavy atom. The highest BCUT2D eigenvalue weighted by Crippen LogP contribution is 2.31. The van der Waals surface area contributed by atoms with Gasteiger partial charge < -0.3 is 10.6 Å². The first-order valence-corrected chi connectivity index (χ1v) is 6.36. The third-order valence-electron chi connectivity index (χ3n) is 3.77. The number of carbonyl (C=O) groups excluding carboxylic acids is 1. The predicted molar refractivity (Wildman–Crippen MR) is 70.0 cm³/mol. The number of rotatable bonds is 3. The second-order valence-electron chi connectivity index (χ2n) is 5.00. The number of amides is 1. The van der Waals surface area contributed by atoms with Crippen LogP contribution in [0.1, 0.15) is 25.3 Å². The average molecular weight is 250 g/mol. The van der Waals surface area contributed by atoms with E-state index in [2.05, 4.69) is 10.6 Å². The molecule has 1 fully saturated rings. The first-order chi connectivity index (χ1) is 8.57. The van der Waals surface area contributed by atoms with Gasteiger partial charge in [0.15, 0.2) is 0 Å².